The lowest BCUT2D eigenvalue weighted by Gasteiger charge is -2.29. The van der Waals surface area contributed by atoms with Crippen LogP contribution >= 0.6 is 11.8 Å². The lowest BCUT2D eigenvalue weighted by molar-refractivity contribution is -0.113. The first-order chi connectivity index (χ1) is 17.9. The summed E-state index contributed by atoms with van der Waals surface area (Å²) >= 11 is 1.56. The van der Waals surface area contributed by atoms with Crippen molar-refractivity contribution in [2.24, 2.45) is 0 Å². The molecule has 0 aliphatic carbocycles. The van der Waals surface area contributed by atoms with E-state index in [9.17, 15) is 4.79 Å². The average Bonchev–Trinajstić information content (AvgIpc) is 3.31. The Morgan fingerprint density at radius 3 is 2.51 bits per heavy atom. The third kappa shape index (κ3) is 5.24. The lowest BCUT2D eigenvalue weighted by atomic mass is 9.94. The first-order valence-corrected chi connectivity index (χ1v) is 13.0. The van der Waals surface area contributed by atoms with Gasteiger partial charge in [0.1, 0.15) is 11.8 Å². The fourth-order valence-corrected chi connectivity index (χ4v) is 5.23. The highest BCUT2D eigenvalue weighted by Gasteiger charge is 2.34. The molecule has 188 valence electrons. The van der Waals surface area contributed by atoms with E-state index < -0.39 is 6.04 Å². The first kappa shape index (κ1) is 24.6. The standard InChI is InChI=1S/C29H29N5O2S/c1-18-10-15-24(19(2)16-18)31-27(35)25-20(3)30-28-32-29(37-17-21-8-6-5-7-9-21)33-34(28)26(25)22-11-13-23(36-4)14-12-22/h5-16,26H,17H2,1-4H3,(H,31,35)(H,30,32,33)/t26-/m1/s1. The smallest absolute Gasteiger partial charge is 0.255 e. The van der Waals surface area contributed by atoms with Gasteiger partial charge in [0.25, 0.3) is 5.91 Å². The first-order valence-electron chi connectivity index (χ1n) is 12.1. The minimum Gasteiger partial charge on any atom is -0.497 e. The summed E-state index contributed by atoms with van der Waals surface area (Å²) in [6.07, 6.45) is 0. The van der Waals surface area contributed by atoms with Gasteiger partial charge in [-0.3, -0.25) is 4.79 Å². The quantitative estimate of drug-likeness (QED) is 0.291. The Balaban J connectivity index is 1.50. The number of nitrogens with one attached hydrogen (secondary N) is 2. The Hall–Kier alpha value is -4.04. The van der Waals surface area contributed by atoms with Crippen LogP contribution in [0.2, 0.25) is 0 Å². The van der Waals surface area contributed by atoms with Gasteiger partial charge in [-0.1, -0.05) is 71.9 Å². The second kappa shape index (κ2) is 10.5. The van der Waals surface area contributed by atoms with Gasteiger partial charge in [0.05, 0.1) is 12.7 Å². The number of thioether (sulfide) groups is 1. The van der Waals surface area contributed by atoms with E-state index in [1.807, 2.05) is 75.4 Å². The van der Waals surface area contributed by atoms with Crippen LogP contribution < -0.4 is 15.4 Å². The van der Waals surface area contributed by atoms with Crippen LogP contribution in [0.1, 0.15) is 35.2 Å². The Labute approximate surface area is 221 Å². The zero-order valence-corrected chi connectivity index (χ0v) is 22.1. The van der Waals surface area contributed by atoms with E-state index >= 15 is 0 Å². The van der Waals surface area contributed by atoms with Gasteiger partial charge >= 0.3 is 0 Å². The summed E-state index contributed by atoms with van der Waals surface area (Å²) in [4.78, 5) is 18.5. The van der Waals surface area contributed by atoms with Crippen molar-refractivity contribution in [3.8, 4) is 5.75 Å². The largest absolute Gasteiger partial charge is 0.497 e. The molecule has 1 amide bonds. The molecule has 0 bridgehead atoms. The Bertz CT molecular complexity index is 1460. The van der Waals surface area contributed by atoms with Crippen LogP contribution in [0.25, 0.3) is 0 Å². The molecule has 5 rings (SSSR count). The van der Waals surface area contributed by atoms with Crippen LogP contribution in [0.4, 0.5) is 11.6 Å². The lowest BCUT2D eigenvalue weighted by Crippen LogP contribution is -2.31. The predicted octanol–water partition coefficient (Wildman–Crippen LogP) is 6.12. The van der Waals surface area contributed by atoms with Crippen molar-refractivity contribution in [2.45, 2.75) is 37.7 Å². The van der Waals surface area contributed by atoms with Crippen LogP contribution in [0.3, 0.4) is 0 Å². The predicted molar refractivity (Wildman–Crippen MR) is 148 cm³/mol. The van der Waals surface area contributed by atoms with Crippen molar-refractivity contribution < 1.29 is 9.53 Å². The van der Waals surface area contributed by atoms with Gasteiger partial charge in [0.2, 0.25) is 11.1 Å². The highest BCUT2D eigenvalue weighted by molar-refractivity contribution is 7.98. The average molecular weight is 512 g/mol. The number of nitrogens with zero attached hydrogens (tertiary/aromatic N) is 3. The molecule has 3 aromatic carbocycles. The minimum absolute atomic E-state index is 0.183. The third-order valence-corrected chi connectivity index (χ3v) is 7.26. The summed E-state index contributed by atoms with van der Waals surface area (Å²) in [6, 6.07) is 23.5. The molecule has 0 saturated carbocycles. The van der Waals surface area contributed by atoms with Crippen LogP contribution in [-0.4, -0.2) is 27.8 Å². The number of ether oxygens (including phenoxy) is 1. The summed E-state index contributed by atoms with van der Waals surface area (Å²) < 4.78 is 7.16. The number of anilines is 2. The fourth-order valence-electron chi connectivity index (χ4n) is 4.45. The van der Waals surface area contributed by atoms with E-state index in [4.69, 9.17) is 14.8 Å². The molecular weight excluding hydrogens is 482 g/mol. The number of carbonyl (C=O) groups is 1. The molecular formula is C29H29N5O2S. The van der Waals surface area contributed by atoms with E-state index in [-0.39, 0.29) is 5.91 Å². The number of aryl methyl sites for hydroxylation is 2. The zero-order chi connectivity index (χ0) is 25.9. The topological polar surface area (TPSA) is 81.1 Å². The van der Waals surface area contributed by atoms with Crippen molar-refractivity contribution in [1.29, 1.82) is 0 Å². The van der Waals surface area contributed by atoms with Gasteiger partial charge in [-0.25, -0.2) is 4.68 Å². The van der Waals surface area contributed by atoms with E-state index in [1.165, 1.54) is 5.56 Å². The molecule has 0 fully saturated rings. The van der Waals surface area contributed by atoms with Gasteiger partial charge in [-0.15, -0.1) is 5.10 Å². The van der Waals surface area contributed by atoms with E-state index in [1.54, 1.807) is 23.6 Å². The molecule has 0 radical (unpaired) electrons. The molecule has 7 nitrogen and oxygen atoms in total. The zero-order valence-electron chi connectivity index (χ0n) is 21.3. The molecule has 1 aromatic heterocycles. The number of carbonyl (C=O) groups excluding carboxylic acids is 1. The second-order valence-corrected chi connectivity index (χ2v) is 9.99. The molecule has 1 aliphatic rings. The number of fused-ring (bicyclic) bond motifs is 1. The number of benzene rings is 3. The summed E-state index contributed by atoms with van der Waals surface area (Å²) in [5.74, 6) is 1.93. The Morgan fingerprint density at radius 2 is 1.81 bits per heavy atom. The molecule has 0 saturated heterocycles. The summed E-state index contributed by atoms with van der Waals surface area (Å²) in [5.41, 5.74) is 6.38. The number of methoxy groups -OCH3 is 1. The highest BCUT2D eigenvalue weighted by atomic mass is 32.2. The van der Waals surface area contributed by atoms with Crippen molar-refractivity contribution in [1.82, 2.24) is 14.8 Å². The minimum atomic E-state index is -0.452. The molecule has 1 aliphatic heterocycles. The molecule has 37 heavy (non-hydrogen) atoms. The third-order valence-electron chi connectivity index (χ3n) is 6.35. The van der Waals surface area contributed by atoms with Crippen LogP contribution in [-0.2, 0) is 10.5 Å². The number of hydrogen-bond donors (Lipinski definition) is 2. The van der Waals surface area contributed by atoms with Gasteiger partial charge < -0.3 is 15.4 Å². The van der Waals surface area contributed by atoms with E-state index in [0.29, 0.717) is 16.7 Å². The normalized spacial score (nSPS) is 14.6. The number of allylic oxidation sites excluding steroid dienone is 1. The fraction of sp³-hybridized carbons (Fsp3) is 0.207. The Kier molecular flexibility index (Phi) is 7.01. The van der Waals surface area contributed by atoms with Gasteiger partial charge in [0.15, 0.2) is 0 Å². The van der Waals surface area contributed by atoms with Gasteiger partial charge in [-0.05, 0) is 55.7 Å². The maximum Gasteiger partial charge on any atom is 0.255 e. The van der Waals surface area contributed by atoms with Crippen LogP contribution in [0.5, 0.6) is 5.75 Å². The number of aromatic nitrogens is 3. The van der Waals surface area contributed by atoms with E-state index in [2.05, 4.69) is 28.8 Å². The summed E-state index contributed by atoms with van der Waals surface area (Å²) in [7, 11) is 1.64. The van der Waals surface area contributed by atoms with E-state index in [0.717, 1.165) is 39.6 Å². The van der Waals surface area contributed by atoms with Crippen molar-refractivity contribution in [3.63, 3.8) is 0 Å². The van der Waals surface area contributed by atoms with Crippen LogP contribution in [0, 0.1) is 13.8 Å². The van der Waals surface area contributed by atoms with Crippen molar-refractivity contribution >= 4 is 29.3 Å². The van der Waals surface area contributed by atoms with Crippen molar-refractivity contribution in [2.75, 3.05) is 17.7 Å². The maximum atomic E-state index is 13.7. The summed E-state index contributed by atoms with van der Waals surface area (Å²) in [5, 5.41) is 11.9. The molecule has 1 atom stereocenters. The highest BCUT2D eigenvalue weighted by Crippen LogP contribution is 2.37. The van der Waals surface area contributed by atoms with Gasteiger partial charge in [0, 0.05) is 17.1 Å². The van der Waals surface area contributed by atoms with Gasteiger partial charge in [-0.2, -0.15) is 4.98 Å². The second-order valence-electron chi connectivity index (χ2n) is 9.05. The summed E-state index contributed by atoms with van der Waals surface area (Å²) in [6.45, 7) is 5.94. The maximum absolute atomic E-state index is 13.7. The molecule has 0 unspecified atom stereocenters. The number of rotatable bonds is 7. The molecule has 0 spiro atoms. The number of amides is 1. The molecule has 2 heterocycles. The Morgan fingerprint density at radius 1 is 1.05 bits per heavy atom. The SMILES string of the molecule is COc1ccc([C@@H]2C(C(=O)Nc3ccc(C)cc3C)=C(C)Nc3nc(SCc4ccccc4)nn32)cc1. The van der Waals surface area contributed by atoms with Crippen LogP contribution in [0.15, 0.2) is 89.2 Å². The van der Waals surface area contributed by atoms with Crippen molar-refractivity contribution in [3.05, 3.63) is 106 Å². The molecule has 2 N–H and O–H groups in total. The molecule has 4 aromatic rings. The monoisotopic (exact) mass is 511 g/mol. The number of hydrogen-bond acceptors (Lipinski definition) is 6. The molecule has 8 heteroatoms.